The van der Waals surface area contributed by atoms with E-state index in [1.165, 1.54) is 4.90 Å². The SMILES string of the molecule is CNC(=O)c1ccc(-c2cccc3c2OCC[C@@H]2CN(C(=O)O)C[C@@H]32)cc1. The summed E-state index contributed by atoms with van der Waals surface area (Å²) in [6.07, 6.45) is -0.00969. The van der Waals surface area contributed by atoms with Crippen molar-refractivity contribution in [3.8, 4) is 16.9 Å². The largest absolute Gasteiger partial charge is 0.493 e. The van der Waals surface area contributed by atoms with Gasteiger partial charge >= 0.3 is 6.09 Å². The lowest BCUT2D eigenvalue weighted by Crippen LogP contribution is -2.27. The van der Waals surface area contributed by atoms with Gasteiger partial charge in [-0.05, 0) is 35.6 Å². The van der Waals surface area contributed by atoms with E-state index in [0.717, 1.165) is 28.9 Å². The van der Waals surface area contributed by atoms with Crippen LogP contribution in [0.25, 0.3) is 11.1 Å². The lowest BCUT2D eigenvalue weighted by molar-refractivity contribution is 0.0963. The van der Waals surface area contributed by atoms with E-state index in [-0.39, 0.29) is 17.7 Å². The molecule has 2 aliphatic heterocycles. The van der Waals surface area contributed by atoms with Crippen LogP contribution in [0.15, 0.2) is 42.5 Å². The first-order valence-corrected chi connectivity index (χ1v) is 9.14. The topological polar surface area (TPSA) is 78.9 Å². The molecule has 0 spiro atoms. The van der Waals surface area contributed by atoms with E-state index >= 15 is 0 Å². The maximum Gasteiger partial charge on any atom is 0.407 e. The summed E-state index contributed by atoms with van der Waals surface area (Å²) in [4.78, 5) is 24.7. The van der Waals surface area contributed by atoms with Gasteiger partial charge in [0.2, 0.25) is 0 Å². The Balaban J connectivity index is 1.71. The third-order valence-corrected chi connectivity index (χ3v) is 5.58. The maximum absolute atomic E-state index is 11.8. The van der Waals surface area contributed by atoms with Gasteiger partial charge in [0.15, 0.2) is 0 Å². The Morgan fingerprint density at radius 3 is 2.63 bits per heavy atom. The van der Waals surface area contributed by atoms with Gasteiger partial charge in [0.1, 0.15) is 5.75 Å². The number of hydrogen-bond acceptors (Lipinski definition) is 3. The molecule has 2 amide bonds. The fourth-order valence-corrected chi connectivity index (χ4v) is 4.17. The van der Waals surface area contributed by atoms with E-state index in [1.54, 1.807) is 19.2 Å². The van der Waals surface area contributed by atoms with Crippen LogP contribution in [0.5, 0.6) is 5.75 Å². The Bertz CT molecular complexity index is 878. The predicted octanol–water partition coefficient (Wildman–Crippen LogP) is 3.19. The number of rotatable bonds is 2. The minimum absolute atomic E-state index is 0.118. The van der Waals surface area contributed by atoms with Crippen molar-refractivity contribution in [3.05, 3.63) is 53.6 Å². The van der Waals surface area contributed by atoms with E-state index < -0.39 is 6.09 Å². The number of para-hydroxylation sites is 1. The molecule has 2 N–H and O–H groups in total. The first-order chi connectivity index (χ1) is 13.1. The van der Waals surface area contributed by atoms with Crippen LogP contribution < -0.4 is 10.1 Å². The molecule has 2 aromatic rings. The van der Waals surface area contributed by atoms with Crippen molar-refractivity contribution < 1.29 is 19.4 Å². The minimum atomic E-state index is -0.855. The number of carboxylic acid groups (broad SMARTS) is 1. The van der Waals surface area contributed by atoms with Gasteiger partial charge in [-0.2, -0.15) is 0 Å². The number of nitrogens with zero attached hydrogens (tertiary/aromatic N) is 1. The molecule has 2 aliphatic rings. The van der Waals surface area contributed by atoms with Crippen molar-refractivity contribution in [2.45, 2.75) is 12.3 Å². The van der Waals surface area contributed by atoms with Crippen LogP contribution in [0.4, 0.5) is 4.79 Å². The summed E-state index contributed by atoms with van der Waals surface area (Å²) in [6, 6.07) is 13.5. The van der Waals surface area contributed by atoms with Crippen molar-refractivity contribution in [1.82, 2.24) is 10.2 Å². The zero-order valence-electron chi connectivity index (χ0n) is 15.1. The van der Waals surface area contributed by atoms with Crippen molar-refractivity contribution >= 4 is 12.0 Å². The van der Waals surface area contributed by atoms with Crippen LogP contribution in [0, 0.1) is 5.92 Å². The molecule has 2 aromatic carbocycles. The molecule has 0 saturated carbocycles. The summed E-state index contributed by atoms with van der Waals surface area (Å²) in [6.45, 7) is 1.65. The fraction of sp³-hybridized carbons (Fsp3) is 0.333. The highest BCUT2D eigenvalue weighted by molar-refractivity contribution is 5.94. The number of likely N-dealkylation sites (tertiary alicyclic amines) is 1. The molecule has 1 fully saturated rings. The molecular weight excluding hydrogens is 344 g/mol. The van der Waals surface area contributed by atoms with Gasteiger partial charge in [-0.15, -0.1) is 0 Å². The van der Waals surface area contributed by atoms with Crippen LogP contribution in [0.1, 0.15) is 28.3 Å². The van der Waals surface area contributed by atoms with Crippen molar-refractivity contribution in [2.75, 3.05) is 26.7 Å². The lowest BCUT2D eigenvalue weighted by atomic mass is 9.86. The molecule has 2 atom stereocenters. The molecule has 0 bridgehead atoms. The second kappa shape index (κ2) is 6.95. The predicted molar refractivity (Wildman–Crippen MR) is 101 cm³/mol. The zero-order chi connectivity index (χ0) is 19.0. The molecule has 27 heavy (non-hydrogen) atoms. The summed E-state index contributed by atoms with van der Waals surface area (Å²) < 4.78 is 6.12. The Morgan fingerprint density at radius 2 is 1.93 bits per heavy atom. The molecule has 2 heterocycles. The van der Waals surface area contributed by atoms with Crippen molar-refractivity contribution in [2.24, 2.45) is 5.92 Å². The van der Waals surface area contributed by atoms with Gasteiger partial charge in [0.05, 0.1) is 6.61 Å². The van der Waals surface area contributed by atoms with Crippen LogP contribution in [0.3, 0.4) is 0 Å². The number of carbonyl (C=O) groups is 2. The Kier molecular flexibility index (Phi) is 4.48. The van der Waals surface area contributed by atoms with Crippen LogP contribution >= 0.6 is 0 Å². The molecule has 6 nitrogen and oxygen atoms in total. The molecule has 4 rings (SSSR count). The van der Waals surface area contributed by atoms with Gasteiger partial charge < -0.3 is 20.1 Å². The number of carbonyl (C=O) groups excluding carboxylic acids is 1. The highest BCUT2D eigenvalue weighted by Crippen LogP contribution is 2.45. The Morgan fingerprint density at radius 1 is 1.15 bits per heavy atom. The number of nitrogens with one attached hydrogen (secondary N) is 1. The highest BCUT2D eigenvalue weighted by atomic mass is 16.5. The van der Waals surface area contributed by atoms with Crippen molar-refractivity contribution in [1.29, 1.82) is 0 Å². The first-order valence-electron chi connectivity index (χ1n) is 9.14. The number of benzene rings is 2. The zero-order valence-corrected chi connectivity index (χ0v) is 15.1. The van der Waals surface area contributed by atoms with E-state index in [4.69, 9.17) is 4.74 Å². The van der Waals surface area contributed by atoms with Crippen LogP contribution in [-0.4, -0.2) is 48.8 Å². The van der Waals surface area contributed by atoms with Crippen LogP contribution in [0.2, 0.25) is 0 Å². The van der Waals surface area contributed by atoms with Gasteiger partial charge in [-0.3, -0.25) is 4.79 Å². The van der Waals surface area contributed by atoms with Gasteiger partial charge in [-0.25, -0.2) is 4.79 Å². The number of amides is 2. The molecule has 1 saturated heterocycles. The van der Waals surface area contributed by atoms with E-state index in [1.807, 2.05) is 30.3 Å². The summed E-state index contributed by atoms with van der Waals surface area (Å²) in [7, 11) is 1.61. The Labute approximate surface area is 157 Å². The van der Waals surface area contributed by atoms with Crippen molar-refractivity contribution in [3.63, 3.8) is 0 Å². The van der Waals surface area contributed by atoms with E-state index in [9.17, 15) is 14.7 Å². The van der Waals surface area contributed by atoms with E-state index in [2.05, 4.69) is 5.32 Å². The second-order valence-electron chi connectivity index (χ2n) is 7.07. The quantitative estimate of drug-likeness (QED) is 0.856. The average Bonchev–Trinajstić information content (AvgIpc) is 3.04. The maximum atomic E-state index is 11.8. The standard InChI is InChI=1S/C21H22N2O4/c1-22-20(24)14-7-5-13(6-8-14)16-3-2-4-17-18-12-23(21(25)26)11-15(18)9-10-27-19(16)17/h2-8,15,18H,9-12H2,1H3,(H,22,24)(H,25,26)/t15-,18-/m1/s1. The summed E-state index contributed by atoms with van der Waals surface area (Å²) in [5.74, 6) is 1.16. The third kappa shape index (κ3) is 3.12. The number of ether oxygens (including phenoxy) is 1. The molecule has 6 heteroatoms. The van der Waals surface area contributed by atoms with Gasteiger partial charge in [-0.1, -0.05) is 30.3 Å². The average molecular weight is 366 g/mol. The van der Waals surface area contributed by atoms with Gasteiger partial charge in [0, 0.05) is 37.2 Å². The fourth-order valence-electron chi connectivity index (χ4n) is 4.17. The molecule has 0 aliphatic carbocycles. The smallest absolute Gasteiger partial charge is 0.407 e. The Hall–Kier alpha value is -3.02. The molecule has 0 unspecified atom stereocenters. The molecular formula is C21H22N2O4. The molecule has 140 valence electrons. The lowest BCUT2D eigenvalue weighted by Gasteiger charge is -2.18. The molecule has 0 aromatic heterocycles. The number of hydrogen-bond donors (Lipinski definition) is 2. The minimum Gasteiger partial charge on any atom is -0.493 e. The summed E-state index contributed by atoms with van der Waals surface area (Å²) in [5, 5.41) is 12.0. The molecule has 0 radical (unpaired) electrons. The second-order valence-corrected chi connectivity index (χ2v) is 7.07. The third-order valence-electron chi connectivity index (χ3n) is 5.58. The monoisotopic (exact) mass is 366 g/mol. The van der Waals surface area contributed by atoms with E-state index in [0.29, 0.717) is 25.3 Å². The van der Waals surface area contributed by atoms with Gasteiger partial charge in [0.25, 0.3) is 5.91 Å². The first kappa shape index (κ1) is 17.4. The highest BCUT2D eigenvalue weighted by Gasteiger charge is 2.39. The summed E-state index contributed by atoms with van der Waals surface area (Å²) >= 11 is 0. The summed E-state index contributed by atoms with van der Waals surface area (Å²) in [5.41, 5.74) is 3.64. The normalized spacial score (nSPS) is 20.9. The van der Waals surface area contributed by atoms with Crippen LogP contribution in [-0.2, 0) is 0 Å². The number of fused-ring (bicyclic) bond motifs is 3.